The largest absolute Gasteiger partial charge is 0.376 e. The zero-order chi connectivity index (χ0) is 19.6. The van der Waals surface area contributed by atoms with Crippen LogP contribution in [0.15, 0.2) is 67.3 Å². The molecule has 5 heterocycles. The third kappa shape index (κ3) is 3.52. The van der Waals surface area contributed by atoms with Gasteiger partial charge >= 0.3 is 0 Å². The van der Waals surface area contributed by atoms with E-state index in [-0.39, 0.29) is 18.2 Å². The molecule has 3 aromatic rings. The maximum atomic E-state index is 5.92. The fourth-order valence-corrected chi connectivity index (χ4v) is 4.61. The minimum atomic E-state index is -0.0320. The summed E-state index contributed by atoms with van der Waals surface area (Å²) in [6.45, 7) is 1.61. The van der Waals surface area contributed by atoms with Crippen LogP contribution in [0.4, 0.5) is 0 Å². The van der Waals surface area contributed by atoms with Gasteiger partial charge in [0.15, 0.2) is 5.11 Å². The average Bonchev–Trinajstić information content (AvgIpc) is 3.51. The first-order valence-corrected chi connectivity index (χ1v) is 10.4. The lowest BCUT2D eigenvalue weighted by molar-refractivity contribution is 0.0836. The molecule has 0 bridgehead atoms. The molecule has 29 heavy (non-hydrogen) atoms. The van der Waals surface area contributed by atoms with Crippen LogP contribution in [-0.4, -0.2) is 43.8 Å². The van der Waals surface area contributed by atoms with Crippen molar-refractivity contribution < 1.29 is 4.74 Å². The molecule has 2 aliphatic rings. The van der Waals surface area contributed by atoms with Gasteiger partial charge in [-0.1, -0.05) is 6.07 Å². The molecule has 3 aromatic heterocycles. The number of nitrogens with zero attached hydrogens (tertiary/aromatic N) is 4. The maximum Gasteiger partial charge on any atom is 0.170 e. The van der Waals surface area contributed by atoms with Gasteiger partial charge in [-0.25, -0.2) is 0 Å². The van der Waals surface area contributed by atoms with E-state index in [0.717, 1.165) is 48.2 Å². The molecule has 6 nitrogen and oxygen atoms in total. The number of pyridine rings is 2. The number of rotatable bonds is 5. The second-order valence-electron chi connectivity index (χ2n) is 7.43. The molecule has 5 rings (SSSR count). The minimum Gasteiger partial charge on any atom is -0.376 e. The van der Waals surface area contributed by atoms with Gasteiger partial charge in [-0.2, -0.15) is 0 Å². The maximum absolute atomic E-state index is 5.92. The van der Waals surface area contributed by atoms with Gasteiger partial charge in [0.05, 0.1) is 35.8 Å². The van der Waals surface area contributed by atoms with Gasteiger partial charge in [-0.15, -0.1) is 0 Å². The molecule has 2 saturated heterocycles. The van der Waals surface area contributed by atoms with Crippen LogP contribution in [0, 0.1) is 0 Å². The molecule has 3 atom stereocenters. The Kier molecular flexibility index (Phi) is 4.99. The first kappa shape index (κ1) is 18.3. The highest BCUT2D eigenvalue weighted by Gasteiger charge is 2.42. The smallest absolute Gasteiger partial charge is 0.170 e. The minimum absolute atomic E-state index is 0.0109. The zero-order valence-electron chi connectivity index (χ0n) is 16.0. The topological polar surface area (TPSA) is 55.2 Å². The number of hydrogen-bond donors (Lipinski definition) is 1. The van der Waals surface area contributed by atoms with E-state index in [1.165, 1.54) is 0 Å². The van der Waals surface area contributed by atoms with Crippen molar-refractivity contribution in [1.29, 1.82) is 0 Å². The molecule has 0 spiro atoms. The molecule has 0 aromatic carbocycles. The molecule has 148 valence electrons. The van der Waals surface area contributed by atoms with Crippen LogP contribution in [0.3, 0.4) is 0 Å². The first-order valence-electron chi connectivity index (χ1n) is 9.98. The second-order valence-corrected chi connectivity index (χ2v) is 7.81. The van der Waals surface area contributed by atoms with Crippen LogP contribution in [0.2, 0.25) is 0 Å². The molecule has 2 aliphatic heterocycles. The molecular weight excluding hydrogens is 382 g/mol. The highest BCUT2D eigenvalue weighted by molar-refractivity contribution is 7.80. The van der Waals surface area contributed by atoms with Crippen LogP contribution < -0.4 is 5.32 Å². The molecule has 0 saturated carbocycles. The van der Waals surface area contributed by atoms with E-state index < -0.39 is 0 Å². The van der Waals surface area contributed by atoms with Crippen LogP contribution >= 0.6 is 12.2 Å². The molecule has 0 aliphatic carbocycles. The van der Waals surface area contributed by atoms with E-state index in [4.69, 9.17) is 17.0 Å². The van der Waals surface area contributed by atoms with Crippen molar-refractivity contribution in [1.82, 2.24) is 24.8 Å². The van der Waals surface area contributed by atoms with Gasteiger partial charge < -0.3 is 19.5 Å². The van der Waals surface area contributed by atoms with E-state index in [9.17, 15) is 0 Å². The fraction of sp³-hybridized carbons (Fsp3) is 0.318. The first-order chi connectivity index (χ1) is 14.3. The number of ether oxygens (including phenoxy) is 1. The number of nitrogens with one attached hydrogen (secondary N) is 1. The Morgan fingerprint density at radius 3 is 2.86 bits per heavy atom. The predicted molar refractivity (Wildman–Crippen MR) is 115 cm³/mol. The Balaban J connectivity index is 1.57. The van der Waals surface area contributed by atoms with E-state index in [1.807, 2.05) is 30.6 Å². The lowest BCUT2D eigenvalue weighted by Gasteiger charge is -2.30. The van der Waals surface area contributed by atoms with Gasteiger partial charge in [-0.05, 0) is 61.5 Å². The third-order valence-electron chi connectivity index (χ3n) is 5.63. The zero-order valence-corrected chi connectivity index (χ0v) is 16.8. The van der Waals surface area contributed by atoms with Crippen molar-refractivity contribution in [2.24, 2.45) is 0 Å². The van der Waals surface area contributed by atoms with Crippen LogP contribution in [0.5, 0.6) is 0 Å². The van der Waals surface area contributed by atoms with Crippen molar-refractivity contribution in [2.45, 2.75) is 31.0 Å². The summed E-state index contributed by atoms with van der Waals surface area (Å²) in [5.74, 6) is 0. The van der Waals surface area contributed by atoms with Crippen molar-refractivity contribution in [3.63, 3.8) is 0 Å². The SMILES string of the molecule is S=C1N[C@H](c2ccccn2)[C@H](c2cccn2-c2cccnc2)N1C[C@H]1CCCO1. The Labute approximate surface area is 175 Å². The fourth-order valence-electron chi connectivity index (χ4n) is 4.30. The molecule has 0 radical (unpaired) electrons. The molecule has 0 amide bonds. The lowest BCUT2D eigenvalue weighted by atomic mass is 10.0. The summed E-state index contributed by atoms with van der Waals surface area (Å²) >= 11 is 5.77. The van der Waals surface area contributed by atoms with Gasteiger partial charge in [0.2, 0.25) is 0 Å². The Morgan fingerprint density at radius 1 is 1.14 bits per heavy atom. The van der Waals surface area contributed by atoms with Gasteiger partial charge in [0.25, 0.3) is 0 Å². The monoisotopic (exact) mass is 405 g/mol. The number of thiocarbonyl (C=S) groups is 1. The van der Waals surface area contributed by atoms with Gasteiger partial charge in [0, 0.05) is 37.4 Å². The summed E-state index contributed by atoms with van der Waals surface area (Å²) in [7, 11) is 0. The van der Waals surface area contributed by atoms with E-state index in [0.29, 0.717) is 0 Å². The number of hydrogen-bond acceptors (Lipinski definition) is 4. The summed E-state index contributed by atoms with van der Waals surface area (Å²) in [5, 5.41) is 4.27. The standard InChI is InChI=1S/C22H23N5OS/c29-22-25-20(18-8-1-2-11-24-18)21(27(22)15-17-7-5-13-28-17)19-9-4-12-26(19)16-6-3-10-23-14-16/h1-4,6,8-12,14,17,20-21H,5,7,13,15H2,(H,25,29)/t17-,20-,21+/m1/s1. The van der Waals surface area contributed by atoms with E-state index in [1.54, 1.807) is 6.20 Å². The highest BCUT2D eigenvalue weighted by atomic mass is 32.1. The highest BCUT2D eigenvalue weighted by Crippen LogP contribution is 2.40. The second kappa shape index (κ2) is 7.93. The summed E-state index contributed by atoms with van der Waals surface area (Å²) in [6, 6.07) is 14.2. The lowest BCUT2D eigenvalue weighted by Crippen LogP contribution is -2.36. The molecule has 2 fully saturated rings. The van der Waals surface area contributed by atoms with Crippen LogP contribution in [-0.2, 0) is 4.74 Å². The van der Waals surface area contributed by atoms with Gasteiger partial charge in [-0.3, -0.25) is 9.97 Å². The van der Waals surface area contributed by atoms with Crippen molar-refractivity contribution >= 4 is 17.3 Å². The summed E-state index contributed by atoms with van der Waals surface area (Å²) in [5.41, 5.74) is 3.16. The molecule has 0 unspecified atom stereocenters. The predicted octanol–water partition coefficient (Wildman–Crippen LogP) is 3.42. The van der Waals surface area contributed by atoms with E-state index >= 15 is 0 Å². The Bertz CT molecular complexity index is 971. The molecular formula is C22H23N5OS. The van der Waals surface area contributed by atoms with Crippen molar-refractivity contribution in [3.05, 3.63) is 78.6 Å². The normalized spacial score (nSPS) is 24.1. The summed E-state index contributed by atoms with van der Waals surface area (Å²) in [4.78, 5) is 11.2. The third-order valence-corrected chi connectivity index (χ3v) is 5.98. The van der Waals surface area contributed by atoms with E-state index in [2.05, 4.69) is 55.2 Å². The Hall–Kier alpha value is -2.77. The van der Waals surface area contributed by atoms with Gasteiger partial charge in [0.1, 0.15) is 0 Å². The van der Waals surface area contributed by atoms with Crippen molar-refractivity contribution in [3.8, 4) is 5.69 Å². The molecule has 1 N–H and O–H groups in total. The average molecular weight is 406 g/mol. The Morgan fingerprint density at radius 2 is 2.10 bits per heavy atom. The van der Waals surface area contributed by atoms with Crippen molar-refractivity contribution in [2.75, 3.05) is 13.2 Å². The van der Waals surface area contributed by atoms with Crippen LogP contribution in [0.1, 0.15) is 36.3 Å². The quantitative estimate of drug-likeness (QED) is 0.657. The number of aromatic nitrogens is 3. The summed E-state index contributed by atoms with van der Waals surface area (Å²) < 4.78 is 8.11. The summed E-state index contributed by atoms with van der Waals surface area (Å²) in [6.07, 6.45) is 9.97. The molecule has 7 heteroatoms. The van der Waals surface area contributed by atoms with Crippen LogP contribution in [0.25, 0.3) is 5.69 Å².